The third-order valence-electron chi connectivity index (χ3n) is 3.62. The Kier molecular flexibility index (Phi) is 5.07. The van der Waals surface area contributed by atoms with Crippen LogP contribution in [0.1, 0.15) is 21.3 Å². The zero-order valence-electron chi connectivity index (χ0n) is 13.1. The molecule has 1 aromatic heterocycles. The third kappa shape index (κ3) is 3.61. The molecule has 3 rings (SSSR count). The third-order valence-corrected chi connectivity index (χ3v) is 4.77. The number of hydrogen-bond donors (Lipinski definition) is 0. The van der Waals surface area contributed by atoms with Crippen molar-refractivity contribution in [3.63, 3.8) is 0 Å². The summed E-state index contributed by atoms with van der Waals surface area (Å²) in [4.78, 5) is 27.4. The van der Waals surface area contributed by atoms with Gasteiger partial charge < -0.3 is 0 Å². The van der Waals surface area contributed by atoms with Gasteiger partial charge in [-0.1, -0.05) is 35.9 Å². The van der Waals surface area contributed by atoms with Gasteiger partial charge in [-0.2, -0.15) is 5.26 Å². The highest BCUT2D eigenvalue weighted by atomic mass is 35.5. The van der Waals surface area contributed by atoms with Gasteiger partial charge in [0.25, 0.3) is 5.69 Å². The SMILES string of the molecule is N#CC(C(=O)c1cccc(Cl)c1)c1nc(-c2cccc([N+](=O)[O-])c2)cs1. The molecule has 2 aromatic carbocycles. The van der Waals surface area contributed by atoms with Gasteiger partial charge in [-0.05, 0) is 12.1 Å². The predicted molar refractivity (Wildman–Crippen MR) is 98.3 cm³/mol. The summed E-state index contributed by atoms with van der Waals surface area (Å²) in [6.07, 6.45) is 0. The van der Waals surface area contributed by atoms with Crippen molar-refractivity contribution in [2.45, 2.75) is 5.92 Å². The molecule has 0 fully saturated rings. The largest absolute Gasteiger partial charge is 0.292 e. The van der Waals surface area contributed by atoms with Crippen LogP contribution >= 0.6 is 22.9 Å². The quantitative estimate of drug-likeness (QED) is 0.356. The van der Waals surface area contributed by atoms with E-state index in [-0.39, 0.29) is 5.69 Å². The van der Waals surface area contributed by atoms with Crippen LogP contribution in [0.5, 0.6) is 0 Å². The minimum atomic E-state index is -1.06. The van der Waals surface area contributed by atoms with Gasteiger partial charge in [0, 0.05) is 33.7 Å². The van der Waals surface area contributed by atoms with E-state index in [1.807, 2.05) is 6.07 Å². The zero-order chi connectivity index (χ0) is 18.7. The Morgan fingerprint density at radius 3 is 2.73 bits per heavy atom. The number of rotatable bonds is 5. The topological polar surface area (TPSA) is 96.9 Å². The molecule has 3 aromatic rings. The van der Waals surface area contributed by atoms with Crippen molar-refractivity contribution >= 4 is 34.4 Å². The van der Waals surface area contributed by atoms with Gasteiger partial charge in [0.05, 0.1) is 16.7 Å². The lowest BCUT2D eigenvalue weighted by atomic mass is 9.99. The maximum Gasteiger partial charge on any atom is 0.270 e. The molecule has 128 valence electrons. The highest BCUT2D eigenvalue weighted by Gasteiger charge is 2.25. The van der Waals surface area contributed by atoms with E-state index in [0.717, 1.165) is 11.3 Å². The molecule has 0 aliphatic heterocycles. The van der Waals surface area contributed by atoms with E-state index in [0.29, 0.717) is 26.9 Å². The molecule has 0 aliphatic rings. The second-order valence-electron chi connectivity index (χ2n) is 5.32. The number of nitriles is 1. The van der Waals surface area contributed by atoms with Crippen molar-refractivity contribution in [2.75, 3.05) is 0 Å². The first-order chi connectivity index (χ1) is 12.5. The van der Waals surface area contributed by atoms with Gasteiger partial charge >= 0.3 is 0 Å². The average Bonchev–Trinajstić information content (AvgIpc) is 3.12. The molecule has 6 nitrogen and oxygen atoms in total. The van der Waals surface area contributed by atoms with Crippen molar-refractivity contribution in [1.29, 1.82) is 5.26 Å². The molecule has 0 saturated carbocycles. The molecule has 1 atom stereocenters. The fourth-order valence-electron chi connectivity index (χ4n) is 2.37. The number of thiazole rings is 1. The summed E-state index contributed by atoms with van der Waals surface area (Å²) >= 11 is 7.07. The molecule has 0 N–H and O–H groups in total. The van der Waals surface area contributed by atoms with Crippen LogP contribution in [0.4, 0.5) is 5.69 Å². The van der Waals surface area contributed by atoms with Crippen LogP contribution in [0, 0.1) is 21.4 Å². The molecule has 0 spiro atoms. The highest BCUT2D eigenvalue weighted by molar-refractivity contribution is 7.10. The lowest BCUT2D eigenvalue weighted by molar-refractivity contribution is -0.384. The molecular formula is C18H10ClN3O3S. The van der Waals surface area contributed by atoms with Crippen molar-refractivity contribution in [3.8, 4) is 17.3 Å². The van der Waals surface area contributed by atoms with E-state index in [9.17, 15) is 20.2 Å². The number of aromatic nitrogens is 1. The fraction of sp³-hybridized carbons (Fsp3) is 0.0556. The molecule has 8 heteroatoms. The van der Waals surface area contributed by atoms with Crippen LogP contribution in [0.25, 0.3) is 11.3 Å². The van der Waals surface area contributed by atoms with E-state index < -0.39 is 16.6 Å². The number of carbonyl (C=O) groups is 1. The van der Waals surface area contributed by atoms with Gasteiger partial charge in [-0.3, -0.25) is 14.9 Å². The lowest BCUT2D eigenvalue weighted by Crippen LogP contribution is -2.11. The highest BCUT2D eigenvalue weighted by Crippen LogP contribution is 2.30. The summed E-state index contributed by atoms with van der Waals surface area (Å²) in [6, 6.07) is 14.4. The number of ketones is 1. The number of benzene rings is 2. The van der Waals surface area contributed by atoms with Crippen molar-refractivity contribution in [3.05, 3.63) is 79.6 Å². The van der Waals surface area contributed by atoms with E-state index in [4.69, 9.17) is 11.6 Å². The summed E-state index contributed by atoms with van der Waals surface area (Å²) in [5.74, 6) is -1.46. The van der Waals surface area contributed by atoms with Crippen LogP contribution < -0.4 is 0 Å². The number of hydrogen-bond acceptors (Lipinski definition) is 6. The zero-order valence-corrected chi connectivity index (χ0v) is 14.7. The maximum absolute atomic E-state index is 12.6. The van der Waals surface area contributed by atoms with Gasteiger partial charge in [-0.25, -0.2) is 4.98 Å². The fourth-order valence-corrected chi connectivity index (χ4v) is 3.42. The number of nitro groups is 1. The van der Waals surface area contributed by atoms with Crippen LogP contribution in [0.3, 0.4) is 0 Å². The minimum Gasteiger partial charge on any atom is -0.292 e. The van der Waals surface area contributed by atoms with Crippen molar-refractivity contribution in [2.24, 2.45) is 0 Å². The van der Waals surface area contributed by atoms with Gasteiger partial charge in [0.15, 0.2) is 11.7 Å². The monoisotopic (exact) mass is 383 g/mol. The number of carbonyl (C=O) groups excluding carboxylic acids is 1. The first kappa shape index (κ1) is 17.7. The number of non-ortho nitro benzene ring substituents is 1. The van der Waals surface area contributed by atoms with Crippen LogP contribution in [-0.4, -0.2) is 15.7 Å². The smallest absolute Gasteiger partial charge is 0.270 e. The lowest BCUT2D eigenvalue weighted by Gasteiger charge is -2.05. The molecular weight excluding hydrogens is 374 g/mol. The first-order valence-corrected chi connectivity index (χ1v) is 8.65. The molecule has 0 aliphatic carbocycles. The Labute approximate surface area is 157 Å². The Morgan fingerprint density at radius 1 is 1.27 bits per heavy atom. The number of nitrogens with zero attached hydrogens (tertiary/aromatic N) is 3. The van der Waals surface area contributed by atoms with Gasteiger partial charge in [0.2, 0.25) is 0 Å². The van der Waals surface area contributed by atoms with Gasteiger partial charge in [-0.15, -0.1) is 11.3 Å². The van der Waals surface area contributed by atoms with E-state index in [1.165, 1.54) is 18.2 Å². The molecule has 0 bridgehead atoms. The Hall–Kier alpha value is -3.08. The van der Waals surface area contributed by atoms with Crippen LogP contribution in [0.2, 0.25) is 5.02 Å². The van der Waals surface area contributed by atoms with Gasteiger partial charge in [0.1, 0.15) is 5.01 Å². The molecule has 1 heterocycles. The second kappa shape index (κ2) is 7.44. The van der Waals surface area contributed by atoms with Crippen molar-refractivity contribution < 1.29 is 9.72 Å². The molecule has 26 heavy (non-hydrogen) atoms. The standard InChI is InChI=1S/C18H10ClN3O3S/c19-13-5-1-4-12(7-13)17(23)15(9-20)18-21-16(10-26-18)11-3-2-6-14(8-11)22(24)25/h1-8,10,15H. The average molecular weight is 384 g/mol. The van der Waals surface area contributed by atoms with E-state index in [1.54, 1.807) is 35.7 Å². The summed E-state index contributed by atoms with van der Waals surface area (Å²) in [7, 11) is 0. The predicted octanol–water partition coefficient (Wildman–Crippen LogP) is 4.86. The summed E-state index contributed by atoms with van der Waals surface area (Å²) in [5, 5.41) is 22.8. The molecule has 0 amide bonds. The molecule has 0 radical (unpaired) electrons. The van der Waals surface area contributed by atoms with E-state index >= 15 is 0 Å². The number of Topliss-reactive ketones (excluding diaryl/α,β-unsaturated/α-hetero) is 1. The second-order valence-corrected chi connectivity index (χ2v) is 6.64. The van der Waals surface area contributed by atoms with Crippen LogP contribution in [-0.2, 0) is 0 Å². The summed E-state index contributed by atoms with van der Waals surface area (Å²) < 4.78 is 0. The van der Waals surface area contributed by atoms with Crippen molar-refractivity contribution in [1.82, 2.24) is 4.98 Å². The molecule has 0 saturated heterocycles. The summed E-state index contributed by atoms with van der Waals surface area (Å²) in [6.45, 7) is 0. The first-order valence-electron chi connectivity index (χ1n) is 7.39. The Balaban J connectivity index is 1.93. The minimum absolute atomic E-state index is 0.0520. The Morgan fingerprint density at radius 2 is 2.04 bits per heavy atom. The maximum atomic E-state index is 12.6. The van der Waals surface area contributed by atoms with Crippen LogP contribution in [0.15, 0.2) is 53.9 Å². The normalized spacial score (nSPS) is 11.5. The molecule has 1 unspecified atom stereocenters. The van der Waals surface area contributed by atoms with E-state index in [2.05, 4.69) is 4.98 Å². The number of nitro benzene ring substituents is 1. The Bertz CT molecular complexity index is 1040. The summed E-state index contributed by atoms with van der Waals surface area (Å²) in [5.41, 5.74) is 1.31. The number of halogens is 1.